The molecule has 4 nitrogen and oxygen atoms in total. The fourth-order valence-electron chi connectivity index (χ4n) is 1.62. The van der Waals surface area contributed by atoms with E-state index in [1.807, 2.05) is 30.5 Å². The van der Waals surface area contributed by atoms with Crippen molar-refractivity contribution in [3.63, 3.8) is 0 Å². The van der Waals surface area contributed by atoms with E-state index >= 15 is 0 Å². The Morgan fingerprint density at radius 3 is 2.56 bits per heavy atom. The lowest BCUT2D eigenvalue weighted by molar-refractivity contribution is 0.0949. The number of carbonyl (C=O) groups excluding carboxylic acids is 1. The molecule has 0 unspecified atom stereocenters. The molecule has 0 atom stereocenters. The second-order valence-corrected chi connectivity index (χ2v) is 4.67. The number of H-pyrrole nitrogens is 1. The summed E-state index contributed by atoms with van der Waals surface area (Å²) in [4.78, 5) is 11.8. The average molecular weight is 243 g/mol. The van der Waals surface area contributed by atoms with Crippen LogP contribution in [-0.2, 0) is 0 Å². The molecule has 0 fully saturated rings. The van der Waals surface area contributed by atoms with Crippen LogP contribution in [0.1, 0.15) is 24.2 Å². The van der Waals surface area contributed by atoms with Crippen molar-refractivity contribution >= 4 is 5.91 Å². The first-order valence-corrected chi connectivity index (χ1v) is 6.04. The Labute approximate surface area is 106 Å². The normalized spacial score (nSPS) is 10.6. The second kappa shape index (κ2) is 5.49. The molecule has 4 heteroatoms. The Balaban J connectivity index is 2.06. The Kier molecular flexibility index (Phi) is 3.77. The molecule has 0 radical (unpaired) electrons. The van der Waals surface area contributed by atoms with E-state index in [2.05, 4.69) is 29.4 Å². The van der Waals surface area contributed by atoms with Crippen LogP contribution in [0.25, 0.3) is 11.1 Å². The lowest BCUT2D eigenvalue weighted by Crippen LogP contribution is -2.27. The third-order valence-electron chi connectivity index (χ3n) is 2.65. The zero-order chi connectivity index (χ0) is 13.0. The van der Waals surface area contributed by atoms with Gasteiger partial charge in [-0.15, -0.1) is 0 Å². The molecule has 0 saturated carbocycles. The van der Waals surface area contributed by atoms with Crippen LogP contribution in [0, 0.1) is 5.92 Å². The van der Waals surface area contributed by atoms with E-state index in [0.717, 1.165) is 11.1 Å². The van der Waals surface area contributed by atoms with Gasteiger partial charge in [-0.25, -0.2) is 0 Å². The maximum absolute atomic E-state index is 11.8. The number of carbonyl (C=O) groups is 1. The summed E-state index contributed by atoms with van der Waals surface area (Å²) in [6, 6.07) is 7.51. The predicted molar refractivity (Wildman–Crippen MR) is 71.2 cm³/mol. The van der Waals surface area contributed by atoms with Gasteiger partial charge in [0.1, 0.15) is 0 Å². The van der Waals surface area contributed by atoms with E-state index in [1.54, 1.807) is 6.20 Å². The zero-order valence-electron chi connectivity index (χ0n) is 10.6. The number of hydrogen-bond acceptors (Lipinski definition) is 2. The fourth-order valence-corrected chi connectivity index (χ4v) is 1.62. The minimum absolute atomic E-state index is 0.0255. The maximum Gasteiger partial charge on any atom is 0.251 e. The third kappa shape index (κ3) is 2.97. The first kappa shape index (κ1) is 12.4. The zero-order valence-corrected chi connectivity index (χ0v) is 10.6. The monoisotopic (exact) mass is 243 g/mol. The van der Waals surface area contributed by atoms with E-state index in [0.29, 0.717) is 18.0 Å². The van der Waals surface area contributed by atoms with Crippen LogP contribution in [0.3, 0.4) is 0 Å². The highest BCUT2D eigenvalue weighted by Gasteiger charge is 2.06. The molecule has 2 N–H and O–H groups in total. The minimum atomic E-state index is -0.0255. The first-order chi connectivity index (χ1) is 8.66. The van der Waals surface area contributed by atoms with Crippen molar-refractivity contribution in [2.45, 2.75) is 13.8 Å². The standard InChI is InChI=1S/C14H17N3O/c1-10(2)7-15-14(18)12-5-3-11(4-6-12)13-8-16-17-9-13/h3-6,8-10H,7H2,1-2H3,(H,15,18)(H,16,17). The SMILES string of the molecule is CC(C)CNC(=O)c1ccc(-c2cn[nH]c2)cc1. The highest BCUT2D eigenvalue weighted by molar-refractivity contribution is 5.94. The van der Waals surface area contributed by atoms with E-state index in [9.17, 15) is 4.79 Å². The van der Waals surface area contributed by atoms with Crippen LogP contribution in [0.2, 0.25) is 0 Å². The first-order valence-electron chi connectivity index (χ1n) is 6.04. The van der Waals surface area contributed by atoms with Gasteiger partial charge in [-0.1, -0.05) is 26.0 Å². The quantitative estimate of drug-likeness (QED) is 0.866. The summed E-state index contributed by atoms with van der Waals surface area (Å²) in [5.41, 5.74) is 2.75. The van der Waals surface area contributed by atoms with Crippen LogP contribution < -0.4 is 5.32 Å². The lowest BCUT2D eigenvalue weighted by atomic mass is 10.1. The Morgan fingerprint density at radius 2 is 2.00 bits per heavy atom. The van der Waals surface area contributed by atoms with Gasteiger partial charge in [0.15, 0.2) is 0 Å². The van der Waals surface area contributed by atoms with Gasteiger partial charge in [0, 0.05) is 23.9 Å². The van der Waals surface area contributed by atoms with E-state index in [4.69, 9.17) is 0 Å². The van der Waals surface area contributed by atoms with Crippen molar-refractivity contribution in [1.82, 2.24) is 15.5 Å². The van der Waals surface area contributed by atoms with Gasteiger partial charge in [0.2, 0.25) is 0 Å². The number of hydrogen-bond donors (Lipinski definition) is 2. The van der Waals surface area contributed by atoms with Crippen LogP contribution in [0.15, 0.2) is 36.7 Å². The van der Waals surface area contributed by atoms with E-state index in [-0.39, 0.29) is 5.91 Å². The minimum Gasteiger partial charge on any atom is -0.352 e. The molecule has 0 aliphatic heterocycles. The number of nitrogens with one attached hydrogen (secondary N) is 2. The molecular formula is C14H17N3O. The van der Waals surface area contributed by atoms with Crippen LogP contribution >= 0.6 is 0 Å². The number of amides is 1. The molecule has 18 heavy (non-hydrogen) atoms. The smallest absolute Gasteiger partial charge is 0.251 e. The molecule has 0 saturated heterocycles. The maximum atomic E-state index is 11.8. The Morgan fingerprint density at radius 1 is 1.28 bits per heavy atom. The van der Waals surface area contributed by atoms with E-state index in [1.165, 1.54) is 0 Å². The van der Waals surface area contributed by atoms with Crippen molar-refractivity contribution in [2.75, 3.05) is 6.54 Å². The number of aromatic nitrogens is 2. The highest BCUT2D eigenvalue weighted by Crippen LogP contribution is 2.17. The number of rotatable bonds is 4. The molecule has 1 amide bonds. The number of benzene rings is 1. The molecule has 2 aromatic rings. The molecule has 1 aromatic heterocycles. The molecule has 0 aliphatic carbocycles. The molecule has 0 aliphatic rings. The number of aromatic amines is 1. The topological polar surface area (TPSA) is 57.8 Å². The van der Waals surface area contributed by atoms with Crippen molar-refractivity contribution in [1.29, 1.82) is 0 Å². The highest BCUT2D eigenvalue weighted by atomic mass is 16.1. The molecule has 2 rings (SSSR count). The Hall–Kier alpha value is -2.10. The van der Waals surface area contributed by atoms with Crippen molar-refractivity contribution in [2.24, 2.45) is 5.92 Å². The third-order valence-corrected chi connectivity index (χ3v) is 2.65. The molecule has 1 heterocycles. The van der Waals surface area contributed by atoms with Crippen molar-refractivity contribution in [3.05, 3.63) is 42.2 Å². The van der Waals surface area contributed by atoms with Gasteiger partial charge in [-0.05, 0) is 23.6 Å². The van der Waals surface area contributed by atoms with Crippen LogP contribution in [-0.4, -0.2) is 22.6 Å². The largest absolute Gasteiger partial charge is 0.352 e. The van der Waals surface area contributed by atoms with Crippen LogP contribution in [0.4, 0.5) is 0 Å². The molecule has 1 aromatic carbocycles. The summed E-state index contributed by atoms with van der Waals surface area (Å²) < 4.78 is 0. The number of nitrogens with zero attached hydrogens (tertiary/aromatic N) is 1. The summed E-state index contributed by atoms with van der Waals surface area (Å²) in [7, 11) is 0. The molecule has 0 spiro atoms. The van der Waals surface area contributed by atoms with Gasteiger partial charge in [0.25, 0.3) is 5.91 Å². The Bertz CT molecular complexity index is 500. The van der Waals surface area contributed by atoms with Crippen molar-refractivity contribution in [3.8, 4) is 11.1 Å². The van der Waals surface area contributed by atoms with E-state index < -0.39 is 0 Å². The average Bonchev–Trinajstić information content (AvgIpc) is 2.90. The van der Waals surface area contributed by atoms with Crippen molar-refractivity contribution < 1.29 is 4.79 Å². The van der Waals surface area contributed by atoms with Gasteiger partial charge >= 0.3 is 0 Å². The summed E-state index contributed by atoms with van der Waals surface area (Å²) in [5, 5.41) is 9.56. The van der Waals surface area contributed by atoms with Gasteiger partial charge in [-0.2, -0.15) is 5.10 Å². The molecule has 0 bridgehead atoms. The van der Waals surface area contributed by atoms with Gasteiger partial charge in [0.05, 0.1) is 6.20 Å². The summed E-state index contributed by atoms with van der Waals surface area (Å²) in [5.74, 6) is 0.432. The van der Waals surface area contributed by atoms with Gasteiger partial charge < -0.3 is 5.32 Å². The fraction of sp³-hybridized carbons (Fsp3) is 0.286. The summed E-state index contributed by atoms with van der Waals surface area (Å²) in [6.07, 6.45) is 3.59. The lowest BCUT2D eigenvalue weighted by Gasteiger charge is -2.07. The molecule has 94 valence electrons. The summed E-state index contributed by atoms with van der Waals surface area (Å²) >= 11 is 0. The summed E-state index contributed by atoms with van der Waals surface area (Å²) in [6.45, 7) is 4.84. The van der Waals surface area contributed by atoms with Gasteiger partial charge in [-0.3, -0.25) is 9.89 Å². The molecular weight excluding hydrogens is 226 g/mol. The second-order valence-electron chi connectivity index (χ2n) is 4.67. The van der Waals surface area contributed by atoms with Crippen LogP contribution in [0.5, 0.6) is 0 Å². The predicted octanol–water partition coefficient (Wildman–Crippen LogP) is 2.46.